The van der Waals surface area contributed by atoms with Gasteiger partial charge in [0.2, 0.25) is 0 Å². The molecule has 0 amide bonds. The normalized spacial score (nSPS) is 9.38. The Balaban J connectivity index is 3.31. The van der Waals surface area contributed by atoms with E-state index in [0.29, 0.717) is 5.56 Å². The molecule has 0 saturated carbocycles. The summed E-state index contributed by atoms with van der Waals surface area (Å²) in [5.41, 5.74) is 2.56. The highest BCUT2D eigenvalue weighted by atomic mass is 15.0. The van der Waals surface area contributed by atoms with Crippen LogP contribution in [0.25, 0.3) is 0 Å². The molecule has 0 bridgehead atoms. The molecule has 0 aliphatic carbocycles. The smallest absolute Gasteiger partial charge is 0.126 e. The van der Waals surface area contributed by atoms with E-state index in [2.05, 4.69) is 16.4 Å². The van der Waals surface area contributed by atoms with Gasteiger partial charge in [0.1, 0.15) is 11.9 Å². The SMILES string of the molecule is CCc1nc(NC)cc(C)c1C#N. The molecule has 3 nitrogen and oxygen atoms in total. The van der Waals surface area contributed by atoms with Gasteiger partial charge in [-0.25, -0.2) is 4.98 Å². The quantitative estimate of drug-likeness (QED) is 0.746. The molecule has 1 heterocycles. The summed E-state index contributed by atoms with van der Waals surface area (Å²) in [7, 11) is 1.83. The lowest BCUT2D eigenvalue weighted by molar-refractivity contribution is 1.01. The Morgan fingerprint density at radius 3 is 2.77 bits per heavy atom. The van der Waals surface area contributed by atoms with Crippen LogP contribution in [-0.2, 0) is 6.42 Å². The number of hydrogen-bond donors (Lipinski definition) is 1. The third-order valence-electron chi connectivity index (χ3n) is 1.99. The van der Waals surface area contributed by atoms with Gasteiger partial charge < -0.3 is 5.32 Å². The lowest BCUT2D eigenvalue weighted by atomic mass is 10.1. The number of hydrogen-bond acceptors (Lipinski definition) is 3. The van der Waals surface area contributed by atoms with Crippen molar-refractivity contribution in [2.24, 2.45) is 0 Å². The molecular weight excluding hydrogens is 162 g/mol. The van der Waals surface area contributed by atoms with Crippen molar-refractivity contribution in [2.75, 3.05) is 12.4 Å². The minimum absolute atomic E-state index is 0.710. The lowest BCUT2D eigenvalue weighted by Gasteiger charge is -2.06. The molecule has 0 aliphatic heterocycles. The molecule has 0 spiro atoms. The third-order valence-corrected chi connectivity index (χ3v) is 1.99. The molecule has 1 aromatic heterocycles. The van der Waals surface area contributed by atoms with Crippen LogP contribution >= 0.6 is 0 Å². The van der Waals surface area contributed by atoms with E-state index in [0.717, 1.165) is 23.5 Å². The average Bonchev–Trinajstić information content (AvgIpc) is 2.16. The number of rotatable bonds is 2. The maximum absolute atomic E-state index is 8.88. The van der Waals surface area contributed by atoms with Crippen molar-refractivity contribution >= 4 is 5.82 Å². The highest BCUT2D eigenvalue weighted by Gasteiger charge is 2.06. The number of nitriles is 1. The van der Waals surface area contributed by atoms with Crippen molar-refractivity contribution in [1.29, 1.82) is 5.26 Å². The molecule has 3 heteroatoms. The Bertz CT molecular complexity index is 350. The van der Waals surface area contributed by atoms with Crippen LogP contribution in [0.2, 0.25) is 0 Å². The van der Waals surface area contributed by atoms with Crippen molar-refractivity contribution in [2.45, 2.75) is 20.3 Å². The lowest BCUT2D eigenvalue weighted by Crippen LogP contribution is -2.01. The fourth-order valence-electron chi connectivity index (χ4n) is 1.28. The number of pyridine rings is 1. The minimum Gasteiger partial charge on any atom is -0.373 e. The fraction of sp³-hybridized carbons (Fsp3) is 0.400. The summed E-state index contributed by atoms with van der Waals surface area (Å²) in [4.78, 5) is 4.31. The Kier molecular flexibility index (Phi) is 2.86. The number of aryl methyl sites for hydroxylation is 2. The van der Waals surface area contributed by atoms with Crippen LogP contribution in [0.5, 0.6) is 0 Å². The molecule has 0 saturated heterocycles. The number of nitrogens with zero attached hydrogens (tertiary/aromatic N) is 2. The predicted octanol–water partition coefficient (Wildman–Crippen LogP) is 1.87. The van der Waals surface area contributed by atoms with E-state index in [-0.39, 0.29) is 0 Å². The average molecular weight is 175 g/mol. The van der Waals surface area contributed by atoms with E-state index in [1.54, 1.807) is 0 Å². The number of anilines is 1. The van der Waals surface area contributed by atoms with Crippen LogP contribution in [0, 0.1) is 18.3 Å². The molecule has 13 heavy (non-hydrogen) atoms. The molecule has 68 valence electrons. The Labute approximate surface area is 78.4 Å². The molecule has 0 unspecified atom stereocenters. The second-order valence-corrected chi connectivity index (χ2v) is 2.86. The zero-order valence-corrected chi connectivity index (χ0v) is 8.18. The van der Waals surface area contributed by atoms with E-state index in [1.807, 2.05) is 27.0 Å². The zero-order valence-electron chi connectivity index (χ0n) is 8.18. The van der Waals surface area contributed by atoms with Gasteiger partial charge in [-0.1, -0.05) is 6.92 Å². The summed E-state index contributed by atoms with van der Waals surface area (Å²) in [5.74, 6) is 0.827. The number of aromatic nitrogens is 1. The van der Waals surface area contributed by atoms with Gasteiger partial charge >= 0.3 is 0 Å². The van der Waals surface area contributed by atoms with E-state index in [4.69, 9.17) is 5.26 Å². The first-order valence-corrected chi connectivity index (χ1v) is 4.31. The van der Waals surface area contributed by atoms with Crippen molar-refractivity contribution in [3.63, 3.8) is 0 Å². The maximum atomic E-state index is 8.88. The minimum atomic E-state index is 0.710. The Hall–Kier alpha value is -1.56. The van der Waals surface area contributed by atoms with E-state index < -0.39 is 0 Å². The first kappa shape index (κ1) is 9.53. The molecule has 0 aromatic carbocycles. The zero-order chi connectivity index (χ0) is 9.84. The van der Waals surface area contributed by atoms with Crippen molar-refractivity contribution < 1.29 is 0 Å². The topological polar surface area (TPSA) is 48.7 Å². The molecule has 0 aliphatic rings. The largest absolute Gasteiger partial charge is 0.373 e. The standard InChI is InChI=1S/C10H13N3/c1-4-9-8(6-11)7(2)5-10(12-3)13-9/h5H,4H2,1-3H3,(H,12,13). The van der Waals surface area contributed by atoms with Crippen molar-refractivity contribution in [3.05, 3.63) is 22.9 Å². The summed E-state index contributed by atoms with van der Waals surface area (Å²) in [6.07, 6.45) is 0.791. The molecule has 0 atom stereocenters. The second kappa shape index (κ2) is 3.90. The van der Waals surface area contributed by atoms with E-state index >= 15 is 0 Å². The Morgan fingerprint density at radius 2 is 2.31 bits per heavy atom. The molecule has 0 radical (unpaired) electrons. The maximum Gasteiger partial charge on any atom is 0.126 e. The van der Waals surface area contributed by atoms with Crippen LogP contribution in [0.3, 0.4) is 0 Å². The fourth-order valence-corrected chi connectivity index (χ4v) is 1.28. The van der Waals surface area contributed by atoms with Crippen LogP contribution in [-0.4, -0.2) is 12.0 Å². The van der Waals surface area contributed by atoms with Crippen molar-refractivity contribution in [1.82, 2.24) is 4.98 Å². The highest BCUT2D eigenvalue weighted by molar-refractivity contribution is 5.48. The monoisotopic (exact) mass is 175 g/mol. The molecule has 1 rings (SSSR count). The first-order chi connectivity index (χ1) is 6.22. The summed E-state index contributed by atoms with van der Waals surface area (Å²) in [6.45, 7) is 3.93. The second-order valence-electron chi connectivity index (χ2n) is 2.86. The van der Waals surface area contributed by atoms with Gasteiger partial charge in [0, 0.05) is 7.05 Å². The summed E-state index contributed by atoms with van der Waals surface area (Å²) >= 11 is 0. The van der Waals surface area contributed by atoms with Crippen LogP contribution < -0.4 is 5.32 Å². The van der Waals surface area contributed by atoms with Crippen LogP contribution in [0.1, 0.15) is 23.7 Å². The summed E-state index contributed by atoms with van der Waals surface area (Å²) < 4.78 is 0. The molecule has 0 fully saturated rings. The Morgan fingerprint density at radius 1 is 1.62 bits per heavy atom. The van der Waals surface area contributed by atoms with Gasteiger partial charge in [0.15, 0.2) is 0 Å². The van der Waals surface area contributed by atoms with Gasteiger partial charge in [0.25, 0.3) is 0 Å². The van der Waals surface area contributed by atoms with Crippen LogP contribution in [0.4, 0.5) is 5.82 Å². The van der Waals surface area contributed by atoms with Gasteiger partial charge in [-0.05, 0) is 25.0 Å². The first-order valence-electron chi connectivity index (χ1n) is 4.31. The summed E-state index contributed by atoms with van der Waals surface area (Å²) in [6, 6.07) is 4.06. The van der Waals surface area contributed by atoms with Crippen molar-refractivity contribution in [3.8, 4) is 6.07 Å². The van der Waals surface area contributed by atoms with Gasteiger partial charge in [0.05, 0.1) is 11.3 Å². The predicted molar refractivity (Wildman–Crippen MR) is 52.6 cm³/mol. The van der Waals surface area contributed by atoms with Gasteiger partial charge in [-0.15, -0.1) is 0 Å². The summed E-state index contributed by atoms with van der Waals surface area (Å²) in [5, 5.41) is 11.9. The van der Waals surface area contributed by atoms with Gasteiger partial charge in [-0.3, -0.25) is 0 Å². The highest BCUT2D eigenvalue weighted by Crippen LogP contribution is 2.15. The molecular formula is C10H13N3. The van der Waals surface area contributed by atoms with Crippen LogP contribution in [0.15, 0.2) is 6.07 Å². The molecule has 1 N–H and O–H groups in total. The third kappa shape index (κ3) is 1.78. The number of nitrogens with one attached hydrogen (secondary N) is 1. The van der Waals surface area contributed by atoms with E-state index in [9.17, 15) is 0 Å². The van der Waals surface area contributed by atoms with E-state index in [1.165, 1.54) is 0 Å². The van der Waals surface area contributed by atoms with Gasteiger partial charge in [-0.2, -0.15) is 5.26 Å². The molecule has 1 aromatic rings.